The predicted molar refractivity (Wildman–Crippen MR) is 126 cm³/mol. The van der Waals surface area contributed by atoms with E-state index in [1.807, 2.05) is 35.7 Å². The number of carbonyl (C=O) groups excluding carboxylic acids is 1. The Morgan fingerprint density at radius 3 is 2.60 bits per heavy atom. The maximum atomic E-state index is 12.2. The summed E-state index contributed by atoms with van der Waals surface area (Å²) in [7, 11) is 2.09. The van der Waals surface area contributed by atoms with Crippen LogP contribution in [-0.2, 0) is 11.8 Å². The van der Waals surface area contributed by atoms with E-state index in [2.05, 4.69) is 64.4 Å². The minimum Gasteiger partial charge on any atom is -0.344 e. The average molecular weight is 410 g/mol. The van der Waals surface area contributed by atoms with Gasteiger partial charge in [-0.25, -0.2) is 4.98 Å². The third-order valence-corrected chi connectivity index (χ3v) is 5.93. The molecule has 5 rings (SSSR count). The highest BCUT2D eigenvalue weighted by Crippen LogP contribution is 2.32. The van der Waals surface area contributed by atoms with Gasteiger partial charge in [-0.15, -0.1) is 11.3 Å². The summed E-state index contributed by atoms with van der Waals surface area (Å²) in [5, 5.41) is 7.85. The predicted octanol–water partition coefficient (Wildman–Crippen LogP) is 6.11. The molecule has 0 aliphatic heterocycles. The average Bonchev–Trinajstić information content (AvgIpc) is 3.36. The van der Waals surface area contributed by atoms with Crippen LogP contribution in [0.25, 0.3) is 39.1 Å². The van der Waals surface area contributed by atoms with E-state index in [-0.39, 0.29) is 5.91 Å². The number of para-hydroxylation sites is 1. The van der Waals surface area contributed by atoms with E-state index in [1.165, 1.54) is 39.2 Å². The Morgan fingerprint density at radius 1 is 0.967 bits per heavy atom. The molecule has 0 atom stereocenters. The lowest BCUT2D eigenvalue weighted by atomic mass is 10.1. The second-order valence-corrected chi connectivity index (χ2v) is 7.94. The quantitative estimate of drug-likeness (QED) is 0.364. The molecule has 2 aromatic heterocycles. The molecule has 0 saturated carbocycles. The Balaban J connectivity index is 1.40. The van der Waals surface area contributed by atoms with Crippen molar-refractivity contribution in [3.05, 3.63) is 89.8 Å². The van der Waals surface area contributed by atoms with Gasteiger partial charge in [-0.1, -0.05) is 54.6 Å². The number of anilines is 1. The lowest BCUT2D eigenvalue weighted by Crippen LogP contribution is -2.07. The van der Waals surface area contributed by atoms with Gasteiger partial charge in [0, 0.05) is 45.9 Å². The molecule has 0 radical (unpaired) electrons. The van der Waals surface area contributed by atoms with Crippen LogP contribution in [-0.4, -0.2) is 15.5 Å². The maximum absolute atomic E-state index is 12.2. The van der Waals surface area contributed by atoms with E-state index in [0.717, 1.165) is 16.8 Å². The summed E-state index contributed by atoms with van der Waals surface area (Å²) in [6, 6.07) is 24.5. The maximum Gasteiger partial charge on any atom is 0.250 e. The fourth-order valence-corrected chi connectivity index (χ4v) is 4.40. The number of carbonyl (C=O) groups is 1. The van der Waals surface area contributed by atoms with Crippen LogP contribution in [0.5, 0.6) is 0 Å². The third kappa shape index (κ3) is 3.40. The SMILES string of the molecule is Cn1c2ccccc2c2cc(-c3csc(NC(=O)/C=C/c4ccccc4)n3)ccc21. The molecular weight excluding hydrogens is 390 g/mol. The number of amides is 1. The van der Waals surface area contributed by atoms with Gasteiger partial charge in [-0.05, 0) is 29.8 Å². The second-order valence-electron chi connectivity index (χ2n) is 7.08. The number of nitrogens with zero attached hydrogens (tertiary/aromatic N) is 2. The summed E-state index contributed by atoms with van der Waals surface area (Å²) in [5.41, 5.74) is 5.28. The largest absolute Gasteiger partial charge is 0.344 e. The zero-order chi connectivity index (χ0) is 20.5. The van der Waals surface area contributed by atoms with Gasteiger partial charge < -0.3 is 4.57 Å². The molecule has 1 N–H and O–H groups in total. The first-order chi connectivity index (χ1) is 14.7. The highest BCUT2D eigenvalue weighted by Gasteiger charge is 2.11. The van der Waals surface area contributed by atoms with E-state index in [4.69, 9.17) is 0 Å². The van der Waals surface area contributed by atoms with Gasteiger partial charge in [0.1, 0.15) is 0 Å². The lowest BCUT2D eigenvalue weighted by Gasteiger charge is -2.00. The number of benzene rings is 3. The fraction of sp³-hybridized carbons (Fsp3) is 0.0400. The van der Waals surface area contributed by atoms with Gasteiger partial charge in [-0.2, -0.15) is 0 Å². The van der Waals surface area contributed by atoms with E-state index >= 15 is 0 Å². The minimum atomic E-state index is -0.191. The highest BCUT2D eigenvalue weighted by molar-refractivity contribution is 7.14. The van der Waals surface area contributed by atoms with Gasteiger partial charge >= 0.3 is 0 Å². The molecule has 1 amide bonds. The summed E-state index contributed by atoms with van der Waals surface area (Å²) < 4.78 is 2.21. The van der Waals surface area contributed by atoms with Crippen molar-refractivity contribution in [2.75, 3.05) is 5.32 Å². The van der Waals surface area contributed by atoms with Crippen molar-refractivity contribution in [3.63, 3.8) is 0 Å². The molecule has 0 spiro atoms. The van der Waals surface area contributed by atoms with Crippen molar-refractivity contribution in [3.8, 4) is 11.3 Å². The normalized spacial score (nSPS) is 11.5. The molecule has 0 unspecified atom stereocenters. The van der Waals surface area contributed by atoms with Gasteiger partial charge in [-0.3, -0.25) is 10.1 Å². The Bertz CT molecular complexity index is 1400. The van der Waals surface area contributed by atoms with Gasteiger partial charge in [0.2, 0.25) is 5.91 Å². The van der Waals surface area contributed by atoms with E-state index in [1.54, 1.807) is 6.08 Å². The van der Waals surface area contributed by atoms with Crippen molar-refractivity contribution in [2.24, 2.45) is 7.05 Å². The number of rotatable bonds is 4. The van der Waals surface area contributed by atoms with Crippen LogP contribution in [0.2, 0.25) is 0 Å². The molecule has 0 fully saturated rings. The van der Waals surface area contributed by atoms with E-state index in [9.17, 15) is 4.79 Å². The summed E-state index contributed by atoms with van der Waals surface area (Å²) in [6.45, 7) is 0. The Hall–Kier alpha value is -3.70. The van der Waals surface area contributed by atoms with E-state index in [0.29, 0.717) is 5.13 Å². The first-order valence-electron chi connectivity index (χ1n) is 9.66. The van der Waals surface area contributed by atoms with Crippen molar-refractivity contribution in [2.45, 2.75) is 0 Å². The first kappa shape index (κ1) is 18.3. The van der Waals surface area contributed by atoms with Crippen LogP contribution in [0.3, 0.4) is 0 Å². The molecule has 30 heavy (non-hydrogen) atoms. The molecule has 5 heteroatoms. The van der Waals surface area contributed by atoms with Gasteiger partial charge in [0.15, 0.2) is 5.13 Å². The van der Waals surface area contributed by atoms with Crippen molar-refractivity contribution in [1.29, 1.82) is 0 Å². The van der Waals surface area contributed by atoms with Gasteiger partial charge in [0.05, 0.1) is 5.69 Å². The van der Waals surface area contributed by atoms with Crippen molar-refractivity contribution < 1.29 is 4.79 Å². The molecule has 0 bridgehead atoms. The molecule has 0 saturated heterocycles. The molecule has 2 heterocycles. The number of hydrogen-bond acceptors (Lipinski definition) is 3. The smallest absolute Gasteiger partial charge is 0.250 e. The third-order valence-electron chi connectivity index (χ3n) is 5.17. The number of aryl methyl sites for hydroxylation is 1. The zero-order valence-corrected chi connectivity index (χ0v) is 17.2. The van der Waals surface area contributed by atoms with Crippen LogP contribution in [0.4, 0.5) is 5.13 Å². The van der Waals surface area contributed by atoms with E-state index < -0.39 is 0 Å². The number of nitrogens with one attached hydrogen (secondary N) is 1. The summed E-state index contributed by atoms with van der Waals surface area (Å²) in [5.74, 6) is -0.191. The van der Waals surface area contributed by atoms with Crippen LogP contribution < -0.4 is 5.32 Å². The monoisotopic (exact) mass is 409 g/mol. The summed E-state index contributed by atoms with van der Waals surface area (Å²) >= 11 is 1.43. The number of hydrogen-bond donors (Lipinski definition) is 1. The minimum absolute atomic E-state index is 0.191. The molecular formula is C25H19N3OS. The van der Waals surface area contributed by atoms with Crippen LogP contribution in [0.15, 0.2) is 84.3 Å². The Morgan fingerprint density at radius 2 is 1.73 bits per heavy atom. The molecule has 0 aliphatic carbocycles. The summed E-state index contributed by atoms with van der Waals surface area (Å²) in [6.07, 6.45) is 3.32. The van der Waals surface area contributed by atoms with Crippen molar-refractivity contribution in [1.82, 2.24) is 9.55 Å². The molecule has 3 aromatic carbocycles. The molecule has 5 aromatic rings. The number of aromatic nitrogens is 2. The van der Waals surface area contributed by atoms with Gasteiger partial charge in [0.25, 0.3) is 0 Å². The zero-order valence-electron chi connectivity index (χ0n) is 16.4. The van der Waals surface area contributed by atoms with Crippen LogP contribution in [0.1, 0.15) is 5.56 Å². The summed E-state index contributed by atoms with van der Waals surface area (Å²) in [4.78, 5) is 16.8. The standard InChI is InChI=1S/C25H19N3OS/c1-28-22-10-6-5-9-19(22)20-15-18(12-13-23(20)28)21-16-30-25(26-21)27-24(29)14-11-17-7-3-2-4-8-17/h2-16H,1H3,(H,26,27,29)/b14-11+. The first-order valence-corrected chi connectivity index (χ1v) is 10.5. The Labute approximate surface area is 178 Å². The highest BCUT2D eigenvalue weighted by atomic mass is 32.1. The fourth-order valence-electron chi connectivity index (χ4n) is 3.67. The lowest BCUT2D eigenvalue weighted by molar-refractivity contribution is -0.111. The Kier molecular flexibility index (Phi) is 4.65. The molecule has 0 aliphatic rings. The second kappa shape index (κ2) is 7.61. The number of fused-ring (bicyclic) bond motifs is 3. The van der Waals surface area contributed by atoms with Crippen LogP contribution >= 0.6 is 11.3 Å². The van der Waals surface area contributed by atoms with Crippen molar-refractivity contribution >= 4 is 50.3 Å². The molecule has 146 valence electrons. The van der Waals surface area contributed by atoms with Crippen LogP contribution in [0, 0.1) is 0 Å². The topological polar surface area (TPSA) is 46.9 Å². The molecule has 4 nitrogen and oxygen atoms in total. The number of thiazole rings is 1.